The third kappa shape index (κ3) is 3.31. The van der Waals surface area contributed by atoms with E-state index < -0.39 is 0 Å². The molecular weight excluding hydrogens is 244 g/mol. The third-order valence-electron chi connectivity index (χ3n) is 2.75. The van der Waals surface area contributed by atoms with Crippen LogP contribution in [0.4, 0.5) is 0 Å². The van der Waals surface area contributed by atoms with E-state index in [4.69, 9.17) is 0 Å². The summed E-state index contributed by atoms with van der Waals surface area (Å²) in [4.78, 5) is 11.9. The smallest absolute Gasteiger partial charge is 0.251 e. The first-order chi connectivity index (χ1) is 9.06. The quantitative estimate of drug-likeness (QED) is 0.860. The van der Waals surface area contributed by atoms with Gasteiger partial charge in [0.1, 0.15) is 5.75 Å². The maximum atomic E-state index is 11.9. The van der Waals surface area contributed by atoms with E-state index in [9.17, 15) is 9.90 Å². The topological polar surface area (TPSA) is 80.0 Å². The van der Waals surface area contributed by atoms with Crippen LogP contribution < -0.4 is 5.32 Å². The molecule has 0 aliphatic rings. The Kier molecular flexibility index (Phi) is 3.79. The zero-order valence-electron chi connectivity index (χ0n) is 10.9. The average Bonchev–Trinajstić information content (AvgIpc) is 2.78. The SMILES string of the molecule is Cc1cn(CCNC(=O)c2cc(O)ccc2C)nn1. The maximum absolute atomic E-state index is 11.9. The zero-order valence-corrected chi connectivity index (χ0v) is 10.9. The van der Waals surface area contributed by atoms with Crippen LogP contribution in [-0.4, -0.2) is 32.6 Å². The Morgan fingerprint density at radius 1 is 1.42 bits per heavy atom. The Morgan fingerprint density at radius 3 is 2.89 bits per heavy atom. The number of rotatable bonds is 4. The average molecular weight is 260 g/mol. The molecule has 1 aromatic heterocycles. The number of aryl methyl sites for hydroxylation is 2. The molecule has 0 spiro atoms. The van der Waals surface area contributed by atoms with E-state index >= 15 is 0 Å². The van der Waals surface area contributed by atoms with Gasteiger partial charge in [-0.1, -0.05) is 11.3 Å². The zero-order chi connectivity index (χ0) is 13.8. The van der Waals surface area contributed by atoms with Crippen LogP contribution in [0.25, 0.3) is 0 Å². The molecule has 6 heteroatoms. The molecule has 19 heavy (non-hydrogen) atoms. The number of aromatic nitrogens is 3. The molecule has 0 saturated carbocycles. The van der Waals surface area contributed by atoms with Crippen LogP contribution >= 0.6 is 0 Å². The molecule has 1 amide bonds. The Morgan fingerprint density at radius 2 is 2.21 bits per heavy atom. The Balaban J connectivity index is 1.92. The summed E-state index contributed by atoms with van der Waals surface area (Å²) >= 11 is 0. The van der Waals surface area contributed by atoms with Gasteiger partial charge in [0.25, 0.3) is 5.91 Å². The van der Waals surface area contributed by atoms with Gasteiger partial charge in [0, 0.05) is 18.3 Å². The summed E-state index contributed by atoms with van der Waals surface area (Å²) in [7, 11) is 0. The van der Waals surface area contributed by atoms with Gasteiger partial charge in [0.15, 0.2) is 0 Å². The first kappa shape index (κ1) is 13.1. The summed E-state index contributed by atoms with van der Waals surface area (Å²) in [6, 6.07) is 4.74. The molecule has 0 bridgehead atoms. The van der Waals surface area contributed by atoms with Gasteiger partial charge in [-0.15, -0.1) is 5.10 Å². The number of amides is 1. The van der Waals surface area contributed by atoms with Crippen LogP contribution in [0.2, 0.25) is 0 Å². The second-order valence-electron chi connectivity index (χ2n) is 4.38. The van der Waals surface area contributed by atoms with E-state index in [0.29, 0.717) is 18.7 Å². The van der Waals surface area contributed by atoms with Gasteiger partial charge in [-0.05, 0) is 31.5 Å². The van der Waals surface area contributed by atoms with Gasteiger partial charge in [-0.25, -0.2) is 0 Å². The molecule has 0 atom stereocenters. The number of nitrogens with one attached hydrogen (secondary N) is 1. The maximum Gasteiger partial charge on any atom is 0.251 e. The number of hydrogen-bond donors (Lipinski definition) is 2. The number of benzene rings is 1. The first-order valence-electron chi connectivity index (χ1n) is 6.01. The molecule has 2 N–H and O–H groups in total. The molecule has 2 aromatic rings. The van der Waals surface area contributed by atoms with Gasteiger partial charge >= 0.3 is 0 Å². The summed E-state index contributed by atoms with van der Waals surface area (Å²) < 4.78 is 1.67. The second-order valence-corrected chi connectivity index (χ2v) is 4.38. The molecule has 0 saturated heterocycles. The molecule has 2 rings (SSSR count). The van der Waals surface area contributed by atoms with Gasteiger partial charge in [-0.3, -0.25) is 9.48 Å². The molecule has 0 aliphatic heterocycles. The minimum absolute atomic E-state index is 0.0858. The number of phenols is 1. The molecule has 1 heterocycles. The first-order valence-corrected chi connectivity index (χ1v) is 6.01. The van der Waals surface area contributed by atoms with Crippen LogP contribution in [0, 0.1) is 13.8 Å². The summed E-state index contributed by atoms with van der Waals surface area (Å²) in [5.74, 6) is -0.118. The summed E-state index contributed by atoms with van der Waals surface area (Å²) in [6.07, 6.45) is 1.81. The molecule has 0 radical (unpaired) electrons. The predicted molar refractivity (Wildman–Crippen MR) is 69.9 cm³/mol. The lowest BCUT2D eigenvalue weighted by atomic mass is 10.1. The van der Waals surface area contributed by atoms with Crippen molar-refractivity contribution in [3.63, 3.8) is 0 Å². The molecule has 0 unspecified atom stereocenters. The standard InChI is InChI=1S/C13H16N4O2/c1-9-3-4-11(18)7-12(9)13(19)14-5-6-17-8-10(2)15-16-17/h3-4,7-8,18H,5-6H2,1-2H3,(H,14,19). The predicted octanol–water partition coefficient (Wildman–Crippen LogP) is 1.03. The highest BCUT2D eigenvalue weighted by molar-refractivity contribution is 5.95. The fraction of sp³-hybridized carbons (Fsp3) is 0.308. The van der Waals surface area contributed by atoms with Crippen molar-refractivity contribution in [3.05, 3.63) is 41.2 Å². The molecule has 0 fully saturated rings. The highest BCUT2D eigenvalue weighted by Gasteiger charge is 2.09. The lowest BCUT2D eigenvalue weighted by Gasteiger charge is -2.08. The van der Waals surface area contributed by atoms with Crippen molar-refractivity contribution in [2.24, 2.45) is 0 Å². The third-order valence-corrected chi connectivity index (χ3v) is 2.75. The number of carbonyl (C=O) groups is 1. The largest absolute Gasteiger partial charge is 0.508 e. The van der Waals surface area contributed by atoms with E-state index in [2.05, 4.69) is 15.6 Å². The summed E-state index contributed by atoms with van der Waals surface area (Å²) in [6.45, 7) is 4.70. The number of nitrogens with zero attached hydrogens (tertiary/aromatic N) is 3. The van der Waals surface area contributed by atoms with Gasteiger partial charge in [0.2, 0.25) is 0 Å². The molecular formula is C13H16N4O2. The molecule has 0 aliphatic carbocycles. The Labute approximate surface area is 111 Å². The van der Waals surface area contributed by atoms with Crippen LogP contribution in [0.5, 0.6) is 5.75 Å². The lowest BCUT2D eigenvalue weighted by molar-refractivity contribution is 0.0951. The Bertz CT molecular complexity index is 592. The fourth-order valence-corrected chi connectivity index (χ4v) is 1.74. The number of aromatic hydroxyl groups is 1. The van der Waals surface area contributed by atoms with Crippen LogP contribution in [0.3, 0.4) is 0 Å². The van der Waals surface area contributed by atoms with Crippen LogP contribution in [0.1, 0.15) is 21.6 Å². The fourth-order valence-electron chi connectivity index (χ4n) is 1.74. The lowest BCUT2D eigenvalue weighted by Crippen LogP contribution is -2.28. The highest BCUT2D eigenvalue weighted by Crippen LogP contribution is 2.15. The van der Waals surface area contributed by atoms with E-state index in [1.165, 1.54) is 6.07 Å². The summed E-state index contributed by atoms with van der Waals surface area (Å²) in [5, 5.41) is 19.9. The molecule has 1 aromatic carbocycles. The number of hydrogen-bond acceptors (Lipinski definition) is 4. The van der Waals surface area contributed by atoms with Crippen LogP contribution in [-0.2, 0) is 6.54 Å². The van der Waals surface area contributed by atoms with Crippen molar-refractivity contribution < 1.29 is 9.90 Å². The Hall–Kier alpha value is -2.37. The van der Waals surface area contributed by atoms with E-state index in [0.717, 1.165) is 11.3 Å². The molecule has 100 valence electrons. The van der Waals surface area contributed by atoms with Crippen molar-refractivity contribution in [2.75, 3.05) is 6.54 Å². The number of carbonyl (C=O) groups excluding carboxylic acids is 1. The monoisotopic (exact) mass is 260 g/mol. The van der Waals surface area contributed by atoms with Gasteiger partial charge in [0.05, 0.1) is 12.2 Å². The van der Waals surface area contributed by atoms with Crippen molar-refractivity contribution in [1.82, 2.24) is 20.3 Å². The van der Waals surface area contributed by atoms with E-state index in [-0.39, 0.29) is 11.7 Å². The van der Waals surface area contributed by atoms with E-state index in [1.54, 1.807) is 16.8 Å². The highest BCUT2D eigenvalue weighted by atomic mass is 16.3. The van der Waals surface area contributed by atoms with Gasteiger partial charge < -0.3 is 10.4 Å². The number of phenolic OH excluding ortho intramolecular Hbond substituents is 1. The normalized spacial score (nSPS) is 10.4. The van der Waals surface area contributed by atoms with Crippen molar-refractivity contribution >= 4 is 5.91 Å². The van der Waals surface area contributed by atoms with Gasteiger partial charge in [-0.2, -0.15) is 0 Å². The van der Waals surface area contributed by atoms with Crippen LogP contribution in [0.15, 0.2) is 24.4 Å². The minimum Gasteiger partial charge on any atom is -0.508 e. The second kappa shape index (κ2) is 5.51. The van der Waals surface area contributed by atoms with Crippen molar-refractivity contribution in [2.45, 2.75) is 20.4 Å². The summed E-state index contributed by atoms with van der Waals surface area (Å²) in [5.41, 5.74) is 2.15. The van der Waals surface area contributed by atoms with E-state index in [1.807, 2.05) is 20.0 Å². The van der Waals surface area contributed by atoms with Crippen molar-refractivity contribution in [1.29, 1.82) is 0 Å². The van der Waals surface area contributed by atoms with Crippen molar-refractivity contribution in [3.8, 4) is 5.75 Å². The molecule has 6 nitrogen and oxygen atoms in total. The minimum atomic E-state index is -0.203.